The fourth-order valence-corrected chi connectivity index (χ4v) is 1.72. The van der Waals surface area contributed by atoms with E-state index in [0.717, 1.165) is 38.0 Å². The van der Waals surface area contributed by atoms with Gasteiger partial charge in [-0.25, -0.2) is 0 Å². The number of aliphatic hydroxyl groups excluding tert-OH is 1. The summed E-state index contributed by atoms with van der Waals surface area (Å²) in [5.41, 5.74) is 0. The number of hydrogen-bond acceptors (Lipinski definition) is 2. The Morgan fingerprint density at radius 2 is 2.29 bits per heavy atom. The van der Waals surface area contributed by atoms with Crippen molar-refractivity contribution >= 4 is 0 Å². The first kappa shape index (κ1) is 11.6. The zero-order valence-corrected chi connectivity index (χ0v) is 9.17. The molecule has 1 atom stereocenters. The lowest BCUT2D eigenvalue weighted by molar-refractivity contribution is 0.0850. The molecule has 0 aromatic heterocycles. The second kappa shape index (κ2) is 6.88. The Labute approximate surface area is 87.0 Å². The normalized spacial score (nSPS) is 18.6. The summed E-state index contributed by atoms with van der Waals surface area (Å²) in [6, 6.07) is 0. The average Bonchev–Trinajstić information content (AvgIpc) is 2.25. The first-order valence-corrected chi connectivity index (χ1v) is 5.85. The van der Waals surface area contributed by atoms with Crippen LogP contribution in [0.15, 0.2) is 11.8 Å². The Kier molecular flexibility index (Phi) is 5.69. The molecule has 1 heterocycles. The second-order valence-electron chi connectivity index (χ2n) is 3.96. The van der Waals surface area contributed by atoms with E-state index in [0.29, 0.717) is 0 Å². The van der Waals surface area contributed by atoms with Crippen molar-refractivity contribution in [3.05, 3.63) is 11.8 Å². The lowest BCUT2D eigenvalue weighted by atomic mass is 10.1. The van der Waals surface area contributed by atoms with Crippen LogP contribution in [0.25, 0.3) is 0 Å². The Morgan fingerprint density at radius 3 is 2.93 bits per heavy atom. The van der Waals surface area contributed by atoms with E-state index in [-0.39, 0.29) is 6.10 Å². The number of rotatable bonds is 6. The fourth-order valence-electron chi connectivity index (χ4n) is 1.72. The van der Waals surface area contributed by atoms with Gasteiger partial charge < -0.3 is 9.84 Å². The van der Waals surface area contributed by atoms with Gasteiger partial charge in [-0.3, -0.25) is 0 Å². The van der Waals surface area contributed by atoms with Gasteiger partial charge in [-0.15, -0.1) is 0 Å². The topological polar surface area (TPSA) is 29.5 Å². The molecule has 0 aliphatic carbocycles. The van der Waals surface area contributed by atoms with Gasteiger partial charge >= 0.3 is 0 Å². The Morgan fingerprint density at radius 1 is 1.43 bits per heavy atom. The molecule has 1 N–H and O–H groups in total. The maximum Gasteiger partial charge on any atom is 0.120 e. The molecular formula is C12H22O2. The molecule has 1 aliphatic heterocycles. The summed E-state index contributed by atoms with van der Waals surface area (Å²) in [5.74, 6) is 0.813. The molecule has 0 bridgehead atoms. The van der Waals surface area contributed by atoms with Crippen molar-refractivity contribution in [1.82, 2.24) is 0 Å². The summed E-state index contributed by atoms with van der Waals surface area (Å²) >= 11 is 0. The van der Waals surface area contributed by atoms with E-state index in [1.165, 1.54) is 19.3 Å². The van der Waals surface area contributed by atoms with Crippen molar-refractivity contribution in [2.45, 2.75) is 58.0 Å². The van der Waals surface area contributed by atoms with Crippen molar-refractivity contribution in [3.63, 3.8) is 0 Å². The zero-order chi connectivity index (χ0) is 10.2. The van der Waals surface area contributed by atoms with Gasteiger partial charge in [-0.2, -0.15) is 0 Å². The van der Waals surface area contributed by atoms with Gasteiger partial charge in [0.25, 0.3) is 0 Å². The van der Waals surface area contributed by atoms with Gasteiger partial charge in [0.2, 0.25) is 0 Å². The smallest absolute Gasteiger partial charge is 0.120 e. The summed E-state index contributed by atoms with van der Waals surface area (Å²) in [6.07, 6.45) is 9.53. The van der Waals surface area contributed by atoms with Crippen molar-refractivity contribution < 1.29 is 9.84 Å². The van der Waals surface area contributed by atoms with E-state index < -0.39 is 0 Å². The van der Waals surface area contributed by atoms with Gasteiger partial charge in [0.1, 0.15) is 11.9 Å². The molecule has 0 aromatic rings. The van der Waals surface area contributed by atoms with Gasteiger partial charge in [0.15, 0.2) is 0 Å². The molecule has 1 aliphatic rings. The minimum Gasteiger partial charge on any atom is -0.496 e. The number of aliphatic hydroxyl groups is 1. The van der Waals surface area contributed by atoms with E-state index >= 15 is 0 Å². The third-order valence-corrected chi connectivity index (χ3v) is 2.62. The molecule has 0 fully saturated rings. The predicted molar refractivity (Wildman–Crippen MR) is 58.0 cm³/mol. The standard InChI is InChI=1S/C12H22O2/c1-2-3-4-5-8-11(13)12-9-6-7-10-14-12/h9,11,13H,2-8,10H2,1H3. The summed E-state index contributed by atoms with van der Waals surface area (Å²) in [7, 11) is 0. The van der Waals surface area contributed by atoms with Crippen LogP contribution in [-0.2, 0) is 4.74 Å². The molecule has 0 aromatic carbocycles. The molecule has 0 amide bonds. The highest BCUT2D eigenvalue weighted by Gasteiger charge is 2.13. The lowest BCUT2D eigenvalue weighted by Crippen LogP contribution is -2.16. The molecule has 0 saturated heterocycles. The predicted octanol–water partition coefficient (Wildman–Crippen LogP) is 3.01. The van der Waals surface area contributed by atoms with Gasteiger partial charge in [-0.1, -0.05) is 32.6 Å². The van der Waals surface area contributed by atoms with E-state index in [9.17, 15) is 5.11 Å². The minimum absolute atomic E-state index is 0.354. The molecule has 0 spiro atoms. The van der Waals surface area contributed by atoms with Crippen LogP contribution in [-0.4, -0.2) is 17.8 Å². The first-order chi connectivity index (χ1) is 6.84. The molecule has 1 rings (SSSR count). The number of allylic oxidation sites excluding steroid dienone is 1. The Balaban J connectivity index is 2.13. The Bertz CT molecular complexity index is 175. The maximum atomic E-state index is 9.78. The number of hydrogen-bond donors (Lipinski definition) is 1. The van der Waals surface area contributed by atoms with Crippen LogP contribution < -0.4 is 0 Å². The first-order valence-electron chi connectivity index (χ1n) is 5.85. The highest BCUT2D eigenvalue weighted by Crippen LogP contribution is 2.17. The van der Waals surface area contributed by atoms with Crippen LogP contribution in [0.4, 0.5) is 0 Å². The highest BCUT2D eigenvalue weighted by atomic mass is 16.5. The van der Waals surface area contributed by atoms with Crippen molar-refractivity contribution in [2.24, 2.45) is 0 Å². The number of ether oxygens (including phenoxy) is 1. The molecule has 0 saturated carbocycles. The van der Waals surface area contributed by atoms with Crippen LogP contribution in [0.1, 0.15) is 51.9 Å². The minimum atomic E-state index is -0.354. The lowest BCUT2D eigenvalue weighted by Gasteiger charge is -2.19. The summed E-state index contributed by atoms with van der Waals surface area (Å²) in [5, 5.41) is 9.78. The monoisotopic (exact) mass is 198 g/mol. The van der Waals surface area contributed by atoms with Gasteiger partial charge in [-0.05, 0) is 25.3 Å². The SMILES string of the molecule is CCCCCCC(O)C1=CCCCO1. The van der Waals surface area contributed by atoms with Crippen LogP contribution in [0.2, 0.25) is 0 Å². The fraction of sp³-hybridized carbons (Fsp3) is 0.833. The largest absolute Gasteiger partial charge is 0.496 e. The van der Waals surface area contributed by atoms with Gasteiger partial charge in [0, 0.05) is 0 Å². The summed E-state index contributed by atoms with van der Waals surface area (Å²) in [6.45, 7) is 2.97. The molecule has 1 unspecified atom stereocenters. The molecule has 82 valence electrons. The van der Waals surface area contributed by atoms with Crippen LogP contribution in [0.5, 0.6) is 0 Å². The van der Waals surface area contributed by atoms with E-state index in [1.54, 1.807) is 0 Å². The van der Waals surface area contributed by atoms with E-state index in [4.69, 9.17) is 4.74 Å². The molecule has 2 nitrogen and oxygen atoms in total. The second-order valence-corrected chi connectivity index (χ2v) is 3.96. The quantitative estimate of drug-likeness (QED) is 0.665. The van der Waals surface area contributed by atoms with Crippen LogP contribution in [0.3, 0.4) is 0 Å². The zero-order valence-electron chi connectivity index (χ0n) is 9.17. The van der Waals surface area contributed by atoms with Crippen molar-refractivity contribution in [3.8, 4) is 0 Å². The highest BCUT2D eigenvalue weighted by molar-refractivity contribution is 5.01. The third-order valence-electron chi connectivity index (χ3n) is 2.62. The average molecular weight is 198 g/mol. The number of unbranched alkanes of at least 4 members (excludes halogenated alkanes) is 3. The molecule has 0 radical (unpaired) electrons. The summed E-state index contributed by atoms with van der Waals surface area (Å²) in [4.78, 5) is 0. The molecule has 14 heavy (non-hydrogen) atoms. The third kappa shape index (κ3) is 4.14. The van der Waals surface area contributed by atoms with E-state index in [2.05, 4.69) is 6.92 Å². The van der Waals surface area contributed by atoms with Crippen LogP contribution >= 0.6 is 0 Å². The van der Waals surface area contributed by atoms with E-state index in [1.807, 2.05) is 6.08 Å². The Hall–Kier alpha value is -0.500. The van der Waals surface area contributed by atoms with Crippen LogP contribution in [0, 0.1) is 0 Å². The summed E-state index contributed by atoms with van der Waals surface area (Å²) < 4.78 is 5.41. The maximum absolute atomic E-state index is 9.78. The van der Waals surface area contributed by atoms with Crippen molar-refractivity contribution in [1.29, 1.82) is 0 Å². The molecule has 2 heteroatoms. The van der Waals surface area contributed by atoms with Crippen molar-refractivity contribution in [2.75, 3.05) is 6.61 Å². The van der Waals surface area contributed by atoms with Gasteiger partial charge in [0.05, 0.1) is 6.61 Å². The molecular weight excluding hydrogens is 176 g/mol.